The average Bonchev–Trinajstić information content (AvgIpc) is 3.12. The summed E-state index contributed by atoms with van der Waals surface area (Å²) >= 11 is 0. The molecule has 1 fully saturated rings. The van der Waals surface area contributed by atoms with Crippen LogP contribution in [0.25, 0.3) is 0 Å². The maximum Gasteiger partial charge on any atom is 0.410 e. The standard InChI is InChI=1S/C20H23F3N4O/c21-20(22,23)17-11-16(13-7-3-1-4-8-13)26-18-15(12-24-27(17)18)19(28)25-14-9-5-2-6-10-14/h1,3-4,7-8,12,14,16-17,26H,2,5-6,9-11H2,(H,25,28)/t16-,17+/m0/s1. The minimum Gasteiger partial charge on any atom is -0.363 e. The van der Waals surface area contributed by atoms with Crippen molar-refractivity contribution in [2.45, 2.75) is 62.8 Å². The molecule has 1 saturated carbocycles. The number of fused-ring (bicyclic) bond motifs is 1. The first kappa shape index (κ1) is 18.8. The highest BCUT2D eigenvalue weighted by Gasteiger charge is 2.47. The Kier molecular flexibility index (Phi) is 5.03. The fourth-order valence-electron chi connectivity index (χ4n) is 4.14. The smallest absolute Gasteiger partial charge is 0.363 e. The van der Waals surface area contributed by atoms with Crippen LogP contribution in [0.3, 0.4) is 0 Å². The van der Waals surface area contributed by atoms with E-state index in [0.29, 0.717) is 0 Å². The molecule has 8 heteroatoms. The number of alkyl halides is 3. The van der Waals surface area contributed by atoms with Crippen molar-refractivity contribution in [2.75, 3.05) is 5.32 Å². The van der Waals surface area contributed by atoms with Crippen LogP contribution in [-0.2, 0) is 0 Å². The Balaban J connectivity index is 1.64. The van der Waals surface area contributed by atoms with Crippen molar-refractivity contribution in [3.8, 4) is 0 Å². The highest BCUT2D eigenvalue weighted by atomic mass is 19.4. The second kappa shape index (κ2) is 7.48. The number of anilines is 1. The molecule has 0 radical (unpaired) electrons. The lowest BCUT2D eigenvalue weighted by molar-refractivity contribution is -0.173. The number of aromatic nitrogens is 2. The van der Waals surface area contributed by atoms with Gasteiger partial charge in [0.15, 0.2) is 6.04 Å². The zero-order valence-electron chi connectivity index (χ0n) is 15.4. The van der Waals surface area contributed by atoms with Crippen molar-refractivity contribution >= 4 is 11.7 Å². The van der Waals surface area contributed by atoms with Crippen LogP contribution >= 0.6 is 0 Å². The predicted octanol–water partition coefficient (Wildman–Crippen LogP) is 4.61. The van der Waals surface area contributed by atoms with Gasteiger partial charge >= 0.3 is 6.18 Å². The van der Waals surface area contributed by atoms with E-state index in [4.69, 9.17) is 0 Å². The number of hydrogen-bond donors (Lipinski definition) is 2. The highest BCUT2D eigenvalue weighted by molar-refractivity contribution is 5.99. The molecule has 150 valence electrons. The summed E-state index contributed by atoms with van der Waals surface area (Å²) in [7, 11) is 0. The van der Waals surface area contributed by atoms with Crippen molar-refractivity contribution < 1.29 is 18.0 Å². The molecule has 0 spiro atoms. The molecular formula is C20H23F3N4O. The number of amides is 1. The molecule has 2 aliphatic rings. The summed E-state index contributed by atoms with van der Waals surface area (Å²) < 4.78 is 42.0. The van der Waals surface area contributed by atoms with Crippen LogP contribution in [0.5, 0.6) is 0 Å². The molecule has 28 heavy (non-hydrogen) atoms. The van der Waals surface area contributed by atoms with Crippen LogP contribution < -0.4 is 10.6 Å². The van der Waals surface area contributed by atoms with E-state index in [9.17, 15) is 18.0 Å². The summed E-state index contributed by atoms with van der Waals surface area (Å²) in [6.07, 6.45) is 1.69. The van der Waals surface area contributed by atoms with E-state index in [1.807, 2.05) is 6.07 Å². The quantitative estimate of drug-likeness (QED) is 0.802. The summed E-state index contributed by atoms with van der Waals surface area (Å²) in [4.78, 5) is 12.8. The van der Waals surface area contributed by atoms with Crippen LogP contribution in [0, 0.1) is 0 Å². The third-order valence-corrected chi connectivity index (χ3v) is 5.63. The minimum atomic E-state index is -4.45. The third kappa shape index (κ3) is 3.72. The molecule has 2 atom stereocenters. The van der Waals surface area contributed by atoms with E-state index in [1.54, 1.807) is 24.3 Å². The Bertz CT molecular complexity index is 828. The molecule has 2 heterocycles. The molecule has 1 aliphatic carbocycles. The van der Waals surface area contributed by atoms with Gasteiger partial charge in [-0.15, -0.1) is 0 Å². The fraction of sp³-hybridized carbons (Fsp3) is 0.500. The molecule has 1 aromatic heterocycles. The molecule has 0 unspecified atom stereocenters. The van der Waals surface area contributed by atoms with Gasteiger partial charge in [-0.1, -0.05) is 49.6 Å². The summed E-state index contributed by atoms with van der Waals surface area (Å²) in [5.41, 5.74) is 0.920. The predicted molar refractivity (Wildman–Crippen MR) is 99.1 cm³/mol. The number of carbonyl (C=O) groups is 1. The summed E-state index contributed by atoms with van der Waals surface area (Å²) in [6.45, 7) is 0. The molecule has 5 nitrogen and oxygen atoms in total. The lowest BCUT2D eigenvalue weighted by atomic mass is 9.95. The molecule has 1 amide bonds. The van der Waals surface area contributed by atoms with Gasteiger partial charge in [0.05, 0.1) is 12.2 Å². The van der Waals surface area contributed by atoms with Crippen molar-refractivity contribution in [1.29, 1.82) is 0 Å². The minimum absolute atomic E-state index is 0.0729. The van der Waals surface area contributed by atoms with Gasteiger partial charge in [-0.3, -0.25) is 4.79 Å². The van der Waals surface area contributed by atoms with Crippen LogP contribution in [0.4, 0.5) is 19.0 Å². The first-order valence-corrected chi connectivity index (χ1v) is 9.70. The SMILES string of the molecule is O=C(NC1CCCCC1)c1cnn2c1N[C@H](c1ccccc1)C[C@@H]2C(F)(F)F. The molecule has 0 saturated heterocycles. The number of hydrogen-bond acceptors (Lipinski definition) is 3. The Morgan fingerprint density at radius 1 is 1.14 bits per heavy atom. The van der Waals surface area contributed by atoms with E-state index >= 15 is 0 Å². The number of benzene rings is 1. The van der Waals surface area contributed by atoms with Gasteiger partial charge in [-0.05, 0) is 18.4 Å². The molecule has 4 rings (SSSR count). The van der Waals surface area contributed by atoms with Crippen LogP contribution in [0.1, 0.15) is 66.5 Å². The second-order valence-corrected chi connectivity index (χ2v) is 7.56. The molecule has 1 aliphatic heterocycles. The van der Waals surface area contributed by atoms with Gasteiger partial charge in [0.1, 0.15) is 11.4 Å². The van der Waals surface area contributed by atoms with Gasteiger partial charge in [0.25, 0.3) is 5.91 Å². The fourth-order valence-corrected chi connectivity index (χ4v) is 4.14. The van der Waals surface area contributed by atoms with Crippen LogP contribution in [0.2, 0.25) is 0 Å². The van der Waals surface area contributed by atoms with Gasteiger partial charge in [-0.25, -0.2) is 4.68 Å². The Labute approximate surface area is 161 Å². The maximum absolute atomic E-state index is 13.7. The van der Waals surface area contributed by atoms with Gasteiger partial charge < -0.3 is 10.6 Å². The third-order valence-electron chi connectivity index (χ3n) is 5.63. The number of rotatable bonds is 3. The topological polar surface area (TPSA) is 59.0 Å². The Morgan fingerprint density at radius 2 is 1.86 bits per heavy atom. The summed E-state index contributed by atoms with van der Waals surface area (Å²) in [6, 6.07) is 6.75. The van der Waals surface area contributed by atoms with E-state index in [2.05, 4.69) is 15.7 Å². The lowest BCUT2D eigenvalue weighted by Crippen LogP contribution is -2.38. The lowest BCUT2D eigenvalue weighted by Gasteiger charge is -2.34. The second-order valence-electron chi connectivity index (χ2n) is 7.56. The number of carbonyl (C=O) groups excluding carboxylic acids is 1. The first-order chi connectivity index (χ1) is 13.4. The van der Waals surface area contributed by atoms with Crippen molar-refractivity contribution in [2.24, 2.45) is 0 Å². The molecule has 2 aromatic rings. The summed E-state index contributed by atoms with van der Waals surface area (Å²) in [5.74, 6) is -0.231. The molecular weight excluding hydrogens is 369 g/mol. The number of nitrogens with zero attached hydrogens (tertiary/aromatic N) is 2. The van der Waals surface area contributed by atoms with Crippen LogP contribution in [-0.4, -0.2) is 27.9 Å². The van der Waals surface area contributed by atoms with E-state index in [-0.39, 0.29) is 29.8 Å². The van der Waals surface area contributed by atoms with E-state index in [0.717, 1.165) is 42.3 Å². The van der Waals surface area contributed by atoms with Crippen molar-refractivity contribution in [3.05, 3.63) is 47.7 Å². The monoisotopic (exact) mass is 392 g/mol. The maximum atomic E-state index is 13.7. The molecule has 2 N–H and O–H groups in total. The van der Waals surface area contributed by atoms with Crippen molar-refractivity contribution in [3.63, 3.8) is 0 Å². The normalized spacial score (nSPS) is 23.0. The first-order valence-electron chi connectivity index (χ1n) is 9.70. The highest BCUT2D eigenvalue weighted by Crippen LogP contribution is 2.44. The average molecular weight is 392 g/mol. The van der Waals surface area contributed by atoms with Gasteiger partial charge in [0, 0.05) is 12.5 Å². The zero-order valence-corrected chi connectivity index (χ0v) is 15.4. The van der Waals surface area contributed by atoms with Gasteiger partial charge in [-0.2, -0.15) is 18.3 Å². The van der Waals surface area contributed by atoms with Crippen LogP contribution in [0.15, 0.2) is 36.5 Å². The van der Waals surface area contributed by atoms with E-state index < -0.39 is 18.3 Å². The number of halogens is 3. The zero-order chi connectivity index (χ0) is 19.7. The molecule has 1 aromatic carbocycles. The van der Waals surface area contributed by atoms with Crippen molar-refractivity contribution in [1.82, 2.24) is 15.1 Å². The van der Waals surface area contributed by atoms with Gasteiger partial charge in [0.2, 0.25) is 0 Å². The number of nitrogens with one attached hydrogen (secondary N) is 2. The Hall–Kier alpha value is -2.51. The largest absolute Gasteiger partial charge is 0.410 e. The van der Waals surface area contributed by atoms with E-state index in [1.165, 1.54) is 6.20 Å². The Morgan fingerprint density at radius 3 is 2.54 bits per heavy atom. The molecule has 0 bridgehead atoms. The summed E-state index contributed by atoms with van der Waals surface area (Å²) in [5, 5.41) is 10.0.